The Balaban J connectivity index is 2.29. The maximum atomic E-state index is 11.5. The molecule has 4 nitrogen and oxygen atoms in total. The number of hydrogen-bond donors (Lipinski definition) is 1. The Kier molecular flexibility index (Phi) is 5.22. The molecule has 1 saturated carbocycles. The molecule has 0 spiro atoms. The third kappa shape index (κ3) is 3.46. The van der Waals surface area contributed by atoms with Gasteiger partial charge in [0.25, 0.3) is 0 Å². The summed E-state index contributed by atoms with van der Waals surface area (Å²) in [5.74, 6) is 0.403. The van der Waals surface area contributed by atoms with Crippen LogP contribution >= 0.6 is 0 Å². The molecule has 0 aromatic rings. The zero-order valence-corrected chi connectivity index (χ0v) is 10.5. The summed E-state index contributed by atoms with van der Waals surface area (Å²) in [6.45, 7) is 2.93. The lowest BCUT2D eigenvalue weighted by Crippen LogP contribution is -2.52. The Labute approximate surface area is 97.7 Å². The second-order valence-electron chi connectivity index (χ2n) is 4.74. The Morgan fingerprint density at radius 2 is 2.06 bits per heavy atom. The lowest BCUT2D eigenvalue weighted by atomic mass is 10.0. The highest BCUT2D eigenvalue weighted by molar-refractivity contribution is 5.80. The largest absolute Gasteiger partial charge is 0.468 e. The normalized spacial score (nSPS) is 20.7. The van der Waals surface area contributed by atoms with Crippen LogP contribution in [0.15, 0.2) is 0 Å². The van der Waals surface area contributed by atoms with Gasteiger partial charge < -0.3 is 14.8 Å². The van der Waals surface area contributed by atoms with Crippen molar-refractivity contribution in [2.45, 2.75) is 38.1 Å². The fourth-order valence-electron chi connectivity index (χ4n) is 2.07. The van der Waals surface area contributed by atoms with Crippen LogP contribution in [0, 0.1) is 5.92 Å². The molecule has 0 saturated heterocycles. The fourth-order valence-corrected chi connectivity index (χ4v) is 2.07. The third-order valence-electron chi connectivity index (χ3n) is 3.41. The first-order valence-corrected chi connectivity index (χ1v) is 5.97. The molecule has 0 aromatic heterocycles. The van der Waals surface area contributed by atoms with Crippen molar-refractivity contribution in [2.75, 3.05) is 27.4 Å². The maximum Gasteiger partial charge on any atom is 0.328 e. The van der Waals surface area contributed by atoms with Crippen molar-refractivity contribution in [1.82, 2.24) is 5.32 Å². The number of carbonyl (C=O) groups is 1. The standard InChI is InChI=1S/C12H23NO3/c1-12(13-2,11(14)15-3)9-16-8-10-6-4-5-7-10/h10,13H,4-9H2,1-3H3. The van der Waals surface area contributed by atoms with Crippen LogP contribution in [-0.2, 0) is 14.3 Å². The molecule has 1 fully saturated rings. The molecule has 0 heterocycles. The quantitative estimate of drug-likeness (QED) is 0.698. The second kappa shape index (κ2) is 6.21. The average molecular weight is 229 g/mol. The van der Waals surface area contributed by atoms with Crippen molar-refractivity contribution in [2.24, 2.45) is 5.92 Å². The van der Waals surface area contributed by atoms with E-state index in [1.54, 1.807) is 14.0 Å². The number of hydrogen-bond acceptors (Lipinski definition) is 4. The van der Waals surface area contributed by atoms with Crippen molar-refractivity contribution < 1.29 is 14.3 Å². The predicted molar refractivity (Wildman–Crippen MR) is 62.3 cm³/mol. The zero-order valence-electron chi connectivity index (χ0n) is 10.5. The fraction of sp³-hybridized carbons (Fsp3) is 0.917. The van der Waals surface area contributed by atoms with E-state index < -0.39 is 5.54 Å². The predicted octanol–water partition coefficient (Wildman–Crippen LogP) is 1.34. The third-order valence-corrected chi connectivity index (χ3v) is 3.41. The van der Waals surface area contributed by atoms with Gasteiger partial charge in [-0.15, -0.1) is 0 Å². The van der Waals surface area contributed by atoms with Crippen molar-refractivity contribution in [3.05, 3.63) is 0 Å². The van der Waals surface area contributed by atoms with Gasteiger partial charge in [-0.1, -0.05) is 12.8 Å². The van der Waals surface area contributed by atoms with Crippen LogP contribution in [0.25, 0.3) is 0 Å². The average Bonchev–Trinajstić information content (AvgIpc) is 2.80. The van der Waals surface area contributed by atoms with Crippen LogP contribution < -0.4 is 5.32 Å². The van der Waals surface area contributed by atoms with Gasteiger partial charge >= 0.3 is 5.97 Å². The van der Waals surface area contributed by atoms with E-state index in [4.69, 9.17) is 9.47 Å². The van der Waals surface area contributed by atoms with Crippen LogP contribution in [0.5, 0.6) is 0 Å². The summed E-state index contributed by atoms with van der Waals surface area (Å²) in [5.41, 5.74) is -0.729. The summed E-state index contributed by atoms with van der Waals surface area (Å²) in [5, 5.41) is 2.95. The minimum Gasteiger partial charge on any atom is -0.468 e. The monoisotopic (exact) mass is 229 g/mol. The minimum absolute atomic E-state index is 0.276. The van der Waals surface area contributed by atoms with Gasteiger partial charge in [-0.25, -0.2) is 4.79 Å². The van der Waals surface area contributed by atoms with E-state index in [0.29, 0.717) is 12.5 Å². The molecule has 0 aliphatic heterocycles. The number of likely N-dealkylation sites (N-methyl/N-ethyl adjacent to an activating group) is 1. The topological polar surface area (TPSA) is 47.6 Å². The van der Waals surface area contributed by atoms with Gasteiger partial charge in [0.2, 0.25) is 0 Å². The zero-order chi connectivity index (χ0) is 12.0. The molecule has 1 atom stereocenters. The van der Waals surface area contributed by atoms with Gasteiger partial charge in [0, 0.05) is 6.61 Å². The molecule has 1 aliphatic rings. The van der Waals surface area contributed by atoms with Gasteiger partial charge in [0.15, 0.2) is 0 Å². The molecule has 1 aliphatic carbocycles. The molecule has 16 heavy (non-hydrogen) atoms. The molecular weight excluding hydrogens is 206 g/mol. The minimum atomic E-state index is -0.729. The van der Waals surface area contributed by atoms with Crippen LogP contribution in [0.4, 0.5) is 0 Å². The highest BCUT2D eigenvalue weighted by Gasteiger charge is 2.33. The molecule has 1 unspecified atom stereocenters. The Morgan fingerprint density at radius 1 is 1.44 bits per heavy atom. The van der Waals surface area contributed by atoms with E-state index in [1.165, 1.54) is 32.8 Å². The number of rotatable bonds is 6. The summed E-state index contributed by atoms with van der Waals surface area (Å²) >= 11 is 0. The molecule has 0 bridgehead atoms. The first-order valence-electron chi connectivity index (χ1n) is 5.97. The maximum absolute atomic E-state index is 11.5. The van der Waals surface area contributed by atoms with Gasteiger partial charge in [-0.2, -0.15) is 0 Å². The Bertz CT molecular complexity index is 226. The summed E-state index contributed by atoms with van der Waals surface area (Å²) in [6.07, 6.45) is 5.14. The first kappa shape index (κ1) is 13.5. The number of carbonyl (C=O) groups excluding carboxylic acids is 1. The highest BCUT2D eigenvalue weighted by atomic mass is 16.5. The number of nitrogens with one attached hydrogen (secondary N) is 1. The van der Waals surface area contributed by atoms with E-state index in [0.717, 1.165) is 6.61 Å². The molecular formula is C12H23NO3. The van der Waals surface area contributed by atoms with Gasteiger partial charge in [-0.3, -0.25) is 0 Å². The van der Waals surface area contributed by atoms with E-state index >= 15 is 0 Å². The van der Waals surface area contributed by atoms with Crippen LogP contribution in [0.3, 0.4) is 0 Å². The first-order chi connectivity index (χ1) is 7.62. The van der Waals surface area contributed by atoms with Crippen molar-refractivity contribution in [3.8, 4) is 0 Å². The molecule has 0 amide bonds. The number of ether oxygens (including phenoxy) is 2. The van der Waals surface area contributed by atoms with Gasteiger partial charge in [0.05, 0.1) is 13.7 Å². The van der Waals surface area contributed by atoms with Crippen LogP contribution in [0.2, 0.25) is 0 Å². The molecule has 0 radical (unpaired) electrons. The summed E-state index contributed by atoms with van der Waals surface area (Å²) in [7, 11) is 3.14. The lowest BCUT2D eigenvalue weighted by molar-refractivity contribution is -0.150. The highest BCUT2D eigenvalue weighted by Crippen LogP contribution is 2.25. The van der Waals surface area contributed by atoms with Crippen molar-refractivity contribution >= 4 is 5.97 Å². The SMILES string of the molecule is CNC(C)(COCC1CCCC1)C(=O)OC. The van der Waals surface area contributed by atoms with Crippen molar-refractivity contribution in [1.29, 1.82) is 0 Å². The second-order valence-corrected chi connectivity index (χ2v) is 4.74. The van der Waals surface area contributed by atoms with Gasteiger partial charge in [0.1, 0.15) is 5.54 Å². The molecule has 4 heteroatoms. The summed E-state index contributed by atoms with van der Waals surface area (Å²) in [4.78, 5) is 11.5. The van der Waals surface area contributed by atoms with Crippen molar-refractivity contribution in [3.63, 3.8) is 0 Å². The Hall–Kier alpha value is -0.610. The molecule has 94 valence electrons. The van der Waals surface area contributed by atoms with E-state index in [-0.39, 0.29) is 5.97 Å². The smallest absolute Gasteiger partial charge is 0.328 e. The lowest BCUT2D eigenvalue weighted by Gasteiger charge is -2.26. The summed E-state index contributed by atoms with van der Waals surface area (Å²) in [6, 6.07) is 0. The molecule has 1 N–H and O–H groups in total. The summed E-state index contributed by atoms with van der Waals surface area (Å²) < 4.78 is 10.4. The van der Waals surface area contributed by atoms with Crippen LogP contribution in [0.1, 0.15) is 32.6 Å². The molecule has 0 aromatic carbocycles. The van der Waals surface area contributed by atoms with E-state index in [2.05, 4.69) is 5.32 Å². The molecule has 1 rings (SSSR count). The van der Waals surface area contributed by atoms with E-state index in [1.807, 2.05) is 0 Å². The van der Waals surface area contributed by atoms with E-state index in [9.17, 15) is 4.79 Å². The number of methoxy groups -OCH3 is 1. The number of esters is 1. The Morgan fingerprint density at radius 3 is 2.56 bits per heavy atom. The van der Waals surface area contributed by atoms with Gasteiger partial charge in [-0.05, 0) is 32.7 Å². The van der Waals surface area contributed by atoms with Crippen LogP contribution in [-0.4, -0.2) is 38.9 Å².